The predicted octanol–water partition coefficient (Wildman–Crippen LogP) is 2.09. The molecule has 4 nitrogen and oxygen atoms in total. The maximum Gasteiger partial charge on any atom is 0.326 e. The zero-order chi connectivity index (χ0) is 13.8. The predicted molar refractivity (Wildman–Crippen MR) is 72.0 cm³/mol. The summed E-state index contributed by atoms with van der Waals surface area (Å²) in [5.41, 5.74) is 2.21. The maximum absolute atomic E-state index is 12.1. The Morgan fingerprint density at radius 1 is 1.42 bits per heavy atom. The van der Waals surface area contributed by atoms with Gasteiger partial charge in [-0.25, -0.2) is 4.79 Å². The molecule has 0 heterocycles. The lowest BCUT2D eigenvalue weighted by molar-refractivity contribution is -0.142. The Morgan fingerprint density at radius 2 is 2.16 bits per heavy atom. The van der Waals surface area contributed by atoms with Gasteiger partial charge in [0.2, 0.25) is 5.91 Å². The average molecular weight is 261 g/mol. The van der Waals surface area contributed by atoms with Gasteiger partial charge in [-0.3, -0.25) is 4.79 Å². The minimum Gasteiger partial charge on any atom is -0.480 e. The van der Waals surface area contributed by atoms with Crippen molar-refractivity contribution in [3.8, 4) is 0 Å². The molecular formula is C15H19NO3. The number of aliphatic carboxylic acids is 1. The maximum atomic E-state index is 12.1. The third kappa shape index (κ3) is 2.95. The van der Waals surface area contributed by atoms with Crippen LogP contribution in [0.1, 0.15) is 43.2 Å². The lowest BCUT2D eigenvalue weighted by Gasteiger charge is -2.30. The number of fused-ring (bicyclic) bond motifs is 1. The van der Waals surface area contributed by atoms with E-state index in [1.165, 1.54) is 5.56 Å². The van der Waals surface area contributed by atoms with E-state index in [9.17, 15) is 9.59 Å². The quantitative estimate of drug-likeness (QED) is 0.824. The highest BCUT2D eigenvalue weighted by atomic mass is 16.4. The number of hydrogen-bond acceptors (Lipinski definition) is 2. The Hall–Kier alpha value is -1.84. The summed E-state index contributed by atoms with van der Waals surface area (Å²) in [4.78, 5) is 23.2. The Bertz CT molecular complexity index is 484. The molecule has 0 saturated carbocycles. The first-order valence-electron chi connectivity index (χ1n) is 6.74. The van der Waals surface area contributed by atoms with E-state index in [1.54, 1.807) is 0 Å². The van der Waals surface area contributed by atoms with Crippen LogP contribution >= 0.6 is 0 Å². The smallest absolute Gasteiger partial charge is 0.326 e. The third-order valence-corrected chi connectivity index (χ3v) is 3.63. The number of hydrogen-bond donors (Lipinski definition) is 2. The van der Waals surface area contributed by atoms with Crippen LogP contribution in [0.4, 0.5) is 0 Å². The van der Waals surface area contributed by atoms with Crippen LogP contribution in [0.2, 0.25) is 0 Å². The fraction of sp³-hybridized carbons (Fsp3) is 0.467. The van der Waals surface area contributed by atoms with Gasteiger partial charge in [-0.15, -0.1) is 0 Å². The van der Waals surface area contributed by atoms with E-state index in [1.807, 2.05) is 31.2 Å². The highest BCUT2D eigenvalue weighted by molar-refractivity contribution is 5.90. The molecule has 2 rings (SSSR count). The van der Waals surface area contributed by atoms with Crippen LogP contribution in [0, 0.1) is 0 Å². The normalized spacial score (nSPS) is 18.1. The number of carboxylic acid groups (broad SMARTS) is 1. The Morgan fingerprint density at radius 3 is 2.79 bits per heavy atom. The molecular weight excluding hydrogens is 242 g/mol. The Labute approximate surface area is 112 Å². The molecule has 0 aliphatic heterocycles. The first kappa shape index (κ1) is 13.6. The summed E-state index contributed by atoms with van der Waals surface area (Å²) >= 11 is 0. The molecule has 102 valence electrons. The molecule has 1 aliphatic rings. The molecule has 1 aliphatic carbocycles. The van der Waals surface area contributed by atoms with Crippen LogP contribution in [0.3, 0.4) is 0 Å². The zero-order valence-corrected chi connectivity index (χ0v) is 11.1. The van der Waals surface area contributed by atoms with Crippen LogP contribution in [0.5, 0.6) is 0 Å². The summed E-state index contributed by atoms with van der Waals surface area (Å²) in [5, 5.41) is 11.8. The SMILES string of the molecule is CCCCC(NC(=O)C1Cc2ccccc21)C(=O)O. The van der Waals surface area contributed by atoms with Crippen LogP contribution < -0.4 is 5.32 Å². The molecule has 1 amide bonds. The van der Waals surface area contributed by atoms with Crippen molar-refractivity contribution >= 4 is 11.9 Å². The van der Waals surface area contributed by atoms with Crippen LogP contribution in [0.15, 0.2) is 24.3 Å². The van der Waals surface area contributed by atoms with Crippen LogP contribution in [-0.2, 0) is 16.0 Å². The Balaban J connectivity index is 1.96. The van der Waals surface area contributed by atoms with Crippen molar-refractivity contribution in [1.82, 2.24) is 5.32 Å². The second kappa shape index (κ2) is 5.87. The van der Waals surface area contributed by atoms with Crippen LogP contribution in [-0.4, -0.2) is 23.0 Å². The van der Waals surface area contributed by atoms with Gasteiger partial charge in [0.1, 0.15) is 6.04 Å². The minimum absolute atomic E-state index is 0.165. The molecule has 0 radical (unpaired) electrons. The zero-order valence-electron chi connectivity index (χ0n) is 11.1. The van der Waals surface area contributed by atoms with Gasteiger partial charge in [-0.2, -0.15) is 0 Å². The summed E-state index contributed by atoms with van der Waals surface area (Å²) in [6, 6.07) is 7.04. The largest absolute Gasteiger partial charge is 0.480 e. The molecule has 1 aromatic rings. The van der Waals surface area contributed by atoms with E-state index < -0.39 is 12.0 Å². The van der Waals surface area contributed by atoms with Crippen molar-refractivity contribution in [2.45, 2.75) is 44.6 Å². The molecule has 0 fully saturated rings. The van der Waals surface area contributed by atoms with Crippen molar-refractivity contribution in [1.29, 1.82) is 0 Å². The number of amides is 1. The number of carbonyl (C=O) groups excluding carboxylic acids is 1. The summed E-state index contributed by atoms with van der Waals surface area (Å²) in [6.07, 6.45) is 2.93. The van der Waals surface area contributed by atoms with Gasteiger partial charge in [0.05, 0.1) is 5.92 Å². The van der Waals surface area contributed by atoms with E-state index in [4.69, 9.17) is 5.11 Å². The average Bonchev–Trinajstić information content (AvgIpc) is 2.35. The Kier molecular flexibility index (Phi) is 4.20. The molecule has 2 atom stereocenters. The number of rotatable bonds is 6. The first-order chi connectivity index (χ1) is 9.13. The standard InChI is InChI=1S/C15H19NO3/c1-2-3-8-13(15(18)19)16-14(17)12-9-10-6-4-5-7-11(10)12/h4-7,12-13H,2-3,8-9H2,1H3,(H,16,17)(H,18,19). The van der Waals surface area contributed by atoms with E-state index in [-0.39, 0.29) is 11.8 Å². The molecule has 19 heavy (non-hydrogen) atoms. The first-order valence-corrected chi connectivity index (χ1v) is 6.74. The molecule has 0 saturated heterocycles. The van der Waals surface area contributed by atoms with Crippen molar-refractivity contribution in [2.24, 2.45) is 0 Å². The minimum atomic E-state index is -0.950. The monoisotopic (exact) mass is 261 g/mol. The third-order valence-electron chi connectivity index (χ3n) is 3.63. The molecule has 0 bridgehead atoms. The van der Waals surface area contributed by atoms with E-state index in [0.717, 1.165) is 18.4 Å². The summed E-state index contributed by atoms with van der Waals surface area (Å²) < 4.78 is 0. The van der Waals surface area contributed by atoms with E-state index in [2.05, 4.69) is 5.32 Å². The van der Waals surface area contributed by atoms with Crippen molar-refractivity contribution in [2.75, 3.05) is 0 Å². The number of benzene rings is 1. The number of carboxylic acids is 1. The summed E-state index contributed by atoms with van der Waals surface area (Å²) in [5.74, 6) is -1.30. The second-order valence-corrected chi connectivity index (χ2v) is 5.00. The lowest BCUT2D eigenvalue weighted by Crippen LogP contribution is -2.45. The van der Waals surface area contributed by atoms with Gasteiger partial charge in [-0.1, -0.05) is 44.0 Å². The number of carbonyl (C=O) groups is 2. The van der Waals surface area contributed by atoms with E-state index in [0.29, 0.717) is 12.8 Å². The molecule has 2 unspecified atom stereocenters. The second-order valence-electron chi connectivity index (χ2n) is 5.00. The van der Waals surface area contributed by atoms with Crippen molar-refractivity contribution in [3.63, 3.8) is 0 Å². The molecule has 0 spiro atoms. The fourth-order valence-corrected chi connectivity index (χ4v) is 2.43. The van der Waals surface area contributed by atoms with Gasteiger partial charge in [-0.05, 0) is 24.0 Å². The lowest BCUT2D eigenvalue weighted by atomic mass is 9.77. The van der Waals surface area contributed by atoms with Crippen molar-refractivity contribution in [3.05, 3.63) is 35.4 Å². The fourth-order valence-electron chi connectivity index (χ4n) is 2.43. The van der Waals surface area contributed by atoms with Crippen molar-refractivity contribution < 1.29 is 14.7 Å². The van der Waals surface area contributed by atoms with Gasteiger partial charge in [0, 0.05) is 0 Å². The number of nitrogens with one attached hydrogen (secondary N) is 1. The van der Waals surface area contributed by atoms with E-state index >= 15 is 0 Å². The van der Waals surface area contributed by atoms with Gasteiger partial charge < -0.3 is 10.4 Å². The van der Waals surface area contributed by atoms with Gasteiger partial charge >= 0.3 is 5.97 Å². The molecule has 1 aromatic carbocycles. The molecule has 0 aromatic heterocycles. The van der Waals surface area contributed by atoms with Gasteiger partial charge in [0.25, 0.3) is 0 Å². The van der Waals surface area contributed by atoms with Crippen LogP contribution in [0.25, 0.3) is 0 Å². The summed E-state index contributed by atoms with van der Waals surface area (Å²) in [6.45, 7) is 2.00. The molecule has 2 N–H and O–H groups in total. The highest BCUT2D eigenvalue weighted by Gasteiger charge is 2.33. The topological polar surface area (TPSA) is 66.4 Å². The van der Waals surface area contributed by atoms with Gasteiger partial charge in [0.15, 0.2) is 0 Å². The number of unbranched alkanes of at least 4 members (excludes halogenated alkanes) is 1. The molecule has 4 heteroatoms. The highest BCUT2D eigenvalue weighted by Crippen LogP contribution is 2.34. The summed E-state index contributed by atoms with van der Waals surface area (Å²) in [7, 11) is 0.